The lowest BCUT2D eigenvalue weighted by atomic mass is 10.0. The fourth-order valence-electron chi connectivity index (χ4n) is 2.82. The zero-order valence-electron chi connectivity index (χ0n) is 13.9. The Morgan fingerprint density at radius 1 is 0.923 bits per heavy atom. The van der Waals surface area contributed by atoms with E-state index >= 15 is 0 Å². The monoisotopic (exact) mass is 427 g/mol. The molecule has 4 rings (SSSR count). The summed E-state index contributed by atoms with van der Waals surface area (Å²) in [6, 6.07) is 24.7. The molecule has 1 aromatic heterocycles. The number of aliphatic hydroxyl groups is 1. The fourth-order valence-corrected chi connectivity index (χ4v) is 3.71. The molecule has 1 heterocycles. The van der Waals surface area contributed by atoms with Gasteiger partial charge in [0, 0.05) is 5.56 Å². The maximum atomic E-state index is 9.06. The third kappa shape index (κ3) is 3.62. The number of aliphatic hydroxyl groups excluding tert-OH is 1. The van der Waals surface area contributed by atoms with E-state index in [1.807, 2.05) is 30.3 Å². The summed E-state index contributed by atoms with van der Waals surface area (Å²) in [6.45, 7) is 0.381. The van der Waals surface area contributed by atoms with Gasteiger partial charge in [-0.05, 0) is 34.4 Å². The van der Waals surface area contributed by atoms with Crippen molar-refractivity contribution in [2.45, 2.75) is 0 Å². The lowest BCUT2D eigenvalue weighted by molar-refractivity contribution is 0.305. The average molecular weight is 428 g/mol. The third-order valence-corrected chi connectivity index (χ3v) is 4.89. The molecule has 4 nitrogen and oxygen atoms in total. The second-order valence-corrected chi connectivity index (χ2v) is 6.48. The standard InChI is InChI=1S/C20H17N3OS.BrH/c24-14-13-21-20-22-19(23(25-20)16-9-2-1-3-10-16)18-12-6-8-15-7-4-5-11-17(15)18;/h1-12,24H,13-14H2;1H/b21-20-;. The highest BCUT2D eigenvalue weighted by atomic mass is 79.9. The van der Waals surface area contributed by atoms with Crippen LogP contribution in [0.5, 0.6) is 0 Å². The molecule has 26 heavy (non-hydrogen) atoms. The number of aromatic nitrogens is 2. The highest BCUT2D eigenvalue weighted by Crippen LogP contribution is 2.29. The van der Waals surface area contributed by atoms with Crippen LogP contribution in [0.15, 0.2) is 77.8 Å². The Labute approximate surface area is 166 Å². The first kappa shape index (κ1) is 18.5. The molecule has 0 amide bonds. The van der Waals surface area contributed by atoms with Gasteiger partial charge in [-0.25, -0.2) is 3.96 Å². The largest absolute Gasteiger partial charge is 0.394 e. The topological polar surface area (TPSA) is 50.4 Å². The Bertz CT molecular complexity index is 1070. The van der Waals surface area contributed by atoms with Crippen LogP contribution in [-0.2, 0) is 0 Å². The summed E-state index contributed by atoms with van der Waals surface area (Å²) < 4.78 is 2.10. The van der Waals surface area contributed by atoms with Crippen molar-refractivity contribution in [3.05, 3.63) is 77.6 Å². The molecule has 0 aliphatic carbocycles. The van der Waals surface area contributed by atoms with Crippen LogP contribution in [0, 0.1) is 0 Å². The minimum Gasteiger partial charge on any atom is -0.394 e. The minimum atomic E-state index is 0. The van der Waals surface area contributed by atoms with Crippen LogP contribution in [0.2, 0.25) is 0 Å². The molecule has 0 fully saturated rings. The van der Waals surface area contributed by atoms with Crippen molar-refractivity contribution in [1.29, 1.82) is 0 Å². The van der Waals surface area contributed by atoms with E-state index in [0.29, 0.717) is 11.3 Å². The molecule has 0 aliphatic heterocycles. The van der Waals surface area contributed by atoms with Gasteiger partial charge >= 0.3 is 0 Å². The number of benzene rings is 3. The van der Waals surface area contributed by atoms with E-state index in [1.165, 1.54) is 16.9 Å². The molecule has 132 valence electrons. The van der Waals surface area contributed by atoms with Crippen LogP contribution < -0.4 is 4.80 Å². The molecule has 6 heteroatoms. The van der Waals surface area contributed by atoms with E-state index in [4.69, 9.17) is 10.1 Å². The first-order valence-corrected chi connectivity index (χ1v) is 8.89. The summed E-state index contributed by atoms with van der Waals surface area (Å²) in [5.74, 6) is 0.865. The van der Waals surface area contributed by atoms with Gasteiger partial charge in [-0.2, -0.15) is 4.98 Å². The number of halogens is 1. The van der Waals surface area contributed by atoms with Crippen LogP contribution in [0.3, 0.4) is 0 Å². The van der Waals surface area contributed by atoms with Gasteiger partial charge in [-0.15, -0.1) is 17.0 Å². The molecular formula is C20H18BrN3OS. The maximum absolute atomic E-state index is 9.06. The lowest BCUT2D eigenvalue weighted by Crippen LogP contribution is -2.01. The van der Waals surface area contributed by atoms with Crippen LogP contribution in [0.1, 0.15) is 0 Å². The van der Waals surface area contributed by atoms with Crippen molar-refractivity contribution >= 4 is 39.3 Å². The summed E-state index contributed by atoms with van der Waals surface area (Å²) >= 11 is 1.48. The number of nitrogens with zero attached hydrogens (tertiary/aromatic N) is 3. The van der Waals surface area contributed by atoms with E-state index < -0.39 is 0 Å². The predicted molar refractivity (Wildman–Crippen MR) is 112 cm³/mol. The summed E-state index contributed by atoms with van der Waals surface area (Å²) in [7, 11) is 0. The lowest BCUT2D eigenvalue weighted by Gasteiger charge is -2.09. The Balaban J connectivity index is 0.00000196. The van der Waals surface area contributed by atoms with Crippen molar-refractivity contribution < 1.29 is 5.11 Å². The average Bonchev–Trinajstić information content (AvgIpc) is 3.10. The van der Waals surface area contributed by atoms with E-state index in [0.717, 1.165) is 22.5 Å². The molecule has 0 aliphatic rings. The molecule has 4 aromatic rings. The predicted octanol–water partition coefficient (Wildman–Crippen LogP) is 4.22. The van der Waals surface area contributed by atoms with Gasteiger partial charge in [0.15, 0.2) is 5.82 Å². The zero-order valence-corrected chi connectivity index (χ0v) is 16.5. The first-order valence-electron chi connectivity index (χ1n) is 8.12. The molecule has 3 aromatic carbocycles. The van der Waals surface area contributed by atoms with Gasteiger partial charge in [0.2, 0.25) is 4.80 Å². The van der Waals surface area contributed by atoms with E-state index in [9.17, 15) is 0 Å². The second kappa shape index (κ2) is 8.40. The number of hydrogen-bond acceptors (Lipinski definition) is 4. The van der Waals surface area contributed by atoms with Crippen LogP contribution in [0.4, 0.5) is 0 Å². The Hall–Kier alpha value is -2.28. The number of para-hydroxylation sites is 1. The molecule has 0 unspecified atom stereocenters. The van der Waals surface area contributed by atoms with Gasteiger partial charge in [-0.1, -0.05) is 60.7 Å². The van der Waals surface area contributed by atoms with Gasteiger partial charge in [0.05, 0.1) is 18.8 Å². The van der Waals surface area contributed by atoms with Crippen molar-refractivity contribution in [2.24, 2.45) is 4.99 Å². The van der Waals surface area contributed by atoms with Crippen molar-refractivity contribution in [1.82, 2.24) is 8.94 Å². The summed E-state index contributed by atoms with van der Waals surface area (Å²) in [6.07, 6.45) is 0. The van der Waals surface area contributed by atoms with Gasteiger partial charge in [0.1, 0.15) is 0 Å². The van der Waals surface area contributed by atoms with Crippen molar-refractivity contribution in [3.8, 4) is 17.1 Å². The number of hydrogen-bond donors (Lipinski definition) is 1. The highest BCUT2D eigenvalue weighted by molar-refractivity contribution is 8.93. The summed E-state index contributed by atoms with van der Waals surface area (Å²) in [5, 5.41) is 11.4. The maximum Gasteiger partial charge on any atom is 0.223 e. The van der Waals surface area contributed by atoms with Crippen LogP contribution >= 0.6 is 28.5 Å². The van der Waals surface area contributed by atoms with Gasteiger partial charge in [0.25, 0.3) is 0 Å². The molecule has 0 bridgehead atoms. The second-order valence-electron chi connectivity index (χ2n) is 5.57. The Morgan fingerprint density at radius 3 is 2.46 bits per heavy atom. The minimum absolute atomic E-state index is 0. The zero-order chi connectivity index (χ0) is 17.1. The molecule has 0 saturated heterocycles. The molecule has 0 radical (unpaired) electrons. The summed E-state index contributed by atoms with van der Waals surface area (Å²) in [5.41, 5.74) is 2.12. The summed E-state index contributed by atoms with van der Waals surface area (Å²) in [4.78, 5) is 9.79. The van der Waals surface area contributed by atoms with Crippen LogP contribution in [-0.4, -0.2) is 27.2 Å². The Kier molecular flexibility index (Phi) is 5.98. The van der Waals surface area contributed by atoms with Crippen LogP contribution in [0.25, 0.3) is 27.8 Å². The van der Waals surface area contributed by atoms with E-state index in [-0.39, 0.29) is 23.6 Å². The van der Waals surface area contributed by atoms with Gasteiger partial charge < -0.3 is 5.11 Å². The highest BCUT2D eigenvalue weighted by Gasteiger charge is 2.13. The SMILES string of the molecule is Br.OCC/N=c1/nc(-c2cccc3ccccc23)n(-c2ccccc2)s1. The first-order chi connectivity index (χ1) is 12.4. The smallest absolute Gasteiger partial charge is 0.223 e. The fraction of sp³-hybridized carbons (Fsp3) is 0.100. The quantitative estimate of drug-likeness (QED) is 0.529. The Morgan fingerprint density at radius 2 is 1.65 bits per heavy atom. The van der Waals surface area contributed by atoms with Gasteiger partial charge in [-0.3, -0.25) is 4.99 Å². The number of rotatable bonds is 4. The van der Waals surface area contributed by atoms with Crippen molar-refractivity contribution in [2.75, 3.05) is 13.2 Å². The third-order valence-electron chi connectivity index (χ3n) is 3.94. The van der Waals surface area contributed by atoms with E-state index in [1.54, 1.807) is 0 Å². The molecule has 0 spiro atoms. The number of fused-ring (bicyclic) bond motifs is 1. The van der Waals surface area contributed by atoms with Crippen molar-refractivity contribution in [3.63, 3.8) is 0 Å². The normalized spacial score (nSPS) is 11.5. The molecule has 0 atom stereocenters. The van der Waals surface area contributed by atoms with E-state index in [2.05, 4.69) is 51.4 Å². The molecule has 0 saturated carbocycles. The molecule has 1 N–H and O–H groups in total. The molecular weight excluding hydrogens is 410 g/mol.